The Morgan fingerprint density at radius 1 is 1.36 bits per heavy atom. The van der Waals surface area contributed by atoms with Gasteiger partial charge in [0.2, 0.25) is 0 Å². The van der Waals surface area contributed by atoms with Crippen LogP contribution in [0.1, 0.15) is 28.9 Å². The molecule has 3 aromatic rings. The molecule has 2 aliphatic rings. The highest BCUT2D eigenvalue weighted by Crippen LogP contribution is 2.43. The first-order valence-electron chi connectivity index (χ1n) is 11.7. The number of pyridine rings is 1. The van der Waals surface area contributed by atoms with Crippen LogP contribution in [0, 0.1) is 0 Å². The molecule has 10 nitrogen and oxygen atoms in total. The standard InChI is InChI=1S/C25H26ClN5O5/c1-35-23-16(26)5-2-6-18(23)30-22-20-17(8-10-28-24(20)32)29-21(22)15-7-9-27-12-19(15)36-13-14-4-3-11-31(14)25(33)34/h2,5-7,9,12,14,29-30H,3-4,8,10-11,13H2,1H3,(H,28,32)(H,33,34)/t14-/m0/s1. The van der Waals surface area contributed by atoms with Gasteiger partial charge in [0.1, 0.15) is 12.4 Å². The third-order valence-corrected chi connectivity index (χ3v) is 6.80. The first-order valence-corrected chi connectivity index (χ1v) is 12.0. The third kappa shape index (κ3) is 4.39. The van der Waals surface area contributed by atoms with Gasteiger partial charge < -0.3 is 35.1 Å². The number of nitrogens with one attached hydrogen (secondary N) is 3. The van der Waals surface area contributed by atoms with Gasteiger partial charge in [0.05, 0.1) is 47.0 Å². The smallest absolute Gasteiger partial charge is 0.407 e. The minimum absolute atomic E-state index is 0.193. The van der Waals surface area contributed by atoms with Crippen LogP contribution >= 0.6 is 11.6 Å². The zero-order valence-electron chi connectivity index (χ0n) is 19.6. The summed E-state index contributed by atoms with van der Waals surface area (Å²) in [6.45, 7) is 1.23. The fourth-order valence-electron chi connectivity index (χ4n) is 4.80. The molecule has 0 radical (unpaired) electrons. The van der Waals surface area contributed by atoms with E-state index in [2.05, 4.69) is 20.6 Å². The molecule has 36 heavy (non-hydrogen) atoms. The molecule has 4 N–H and O–H groups in total. The number of hydrogen-bond donors (Lipinski definition) is 4. The van der Waals surface area contributed by atoms with E-state index in [-0.39, 0.29) is 18.6 Å². The summed E-state index contributed by atoms with van der Waals surface area (Å²) >= 11 is 6.34. The summed E-state index contributed by atoms with van der Waals surface area (Å²) in [5.41, 5.74) is 3.81. The Hall–Kier alpha value is -3.92. The van der Waals surface area contributed by atoms with Crippen LogP contribution in [-0.2, 0) is 6.42 Å². The quantitative estimate of drug-likeness (QED) is 0.372. The average molecular weight is 512 g/mol. The van der Waals surface area contributed by atoms with E-state index in [4.69, 9.17) is 21.1 Å². The molecule has 2 amide bonds. The average Bonchev–Trinajstić information content (AvgIpc) is 3.49. The van der Waals surface area contributed by atoms with Crippen LogP contribution in [0.25, 0.3) is 11.3 Å². The van der Waals surface area contributed by atoms with Crippen LogP contribution in [0.15, 0.2) is 36.7 Å². The zero-order chi connectivity index (χ0) is 25.2. The van der Waals surface area contributed by atoms with Crippen LogP contribution in [0.3, 0.4) is 0 Å². The molecular formula is C25H26ClN5O5. The number of methoxy groups -OCH3 is 1. The van der Waals surface area contributed by atoms with E-state index in [0.717, 1.165) is 18.5 Å². The highest BCUT2D eigenvalue weighted by atomic mass is 35.5. The van der Waals surface area contributed by atoms with Crippen LogP contribution in [0.5, 0.6) is 11.5 Å². The van der Waals surface area contributed by atoms with E-state index in [1.807, 2.05) is 6.07 Å². The molecule has 1 saturated heterocycles. The van der Waals surface area contributed by atoms with Crippen LogP contribution < -0.4 is 20.1 Å². The fourth-order valence-corrected chi connectivity index (χ4v) is 5.06. The van der Waals surface area contributed by atoms with Crippen molar-refractivity contribution in [3.05, 3.63) is 52.9 Å². The summed E-state index contributed by atoms with van der Waals surface area (Å²) in [6, 6.07) is 6.91. The molecule has 1 fully saturated rings. The number of para-hydroxylation sites is 1. The summed E-state index contributed by atoms with van der Waals surface area (Å²) in [5, 5.41) is 16.1. The first-order chi connectivity index (χ1) is 17.5. The SMILES string of the molecule is COc1c(Cl)cccc1Nc1c(-c2ccncc2OC[C@@H]2CCCN2C(=O)O)[nH]c2c1C(=O)NCC2. The minimum atomic E-state index is -0.947. The highest BCUT2D eigenvalue weighted by molar-refractivity contribution is 6.32. The number of likely N-dealkylation sites (tertiary alicyclic amines) is 1. The molecule has 1 atom stereocenters. The van der Waals surface area contributed by atoms with Gasteiger partial charge >= 0.3 is 6.09 Å². The molecule has 4 heterocycles. The molecule has 2 aromatic heterocycles. The summed E-state index contributed by atoms with van der Waals surface area (Å²) in [5.74, 6) is 0.745. The van der Waals surface area contributed by atoms with Crippen molar-refractivity contribution in [3.8, 4) is 22.8 Å². The Morgan fingerprint density at radius 2 is 2.22 bits per heavy atom. The second-order valence-corrected chi connectivity index (χ2v) is 9.04. The highest BCUT2D eigenvalue weighted by Gasteiger charge is 2.31. The number of aromatic nitrogens is 2. The Bertz CT molecular complexity index is 1310. The number of fused-ring (bicyclic) bond motifs is 1. The number of nitrogens with zero attached hydrogens (tertiary/aromatic N) is 2. The molecule has 5 rings (SSSR count). The maximum atomic E-state index is 12.9. The van der Waals surface area contributed by atoms with E-state index in [1.54, 1.807) is 30.6 Å². The number of ether oxygens (including phenoxy) is 2. The molecule has 0 unspecified atom stereocenters. The topological polar surface area (TPSA) is 129 Å². The van der Waals surface area contributed by atoms with Gasteiger partial charge in [-0.25, -0.2) is 4.79 Å². The van der Waals surface area contributed by atoms with Crippen molar-refractivity contribution in [1.29, 1.82) is 0 Å². The lowest BCUT2D eigenvalue weighted by Crippen LogP contribution is -2.38. The van der Waals surface area contributed by atoms with Gasteiger partial charge in [0, 0.05) is 37.0 Å². The number of carbonyl (C=O) groups is 2. The molecule has 188 valence electrons. The van der Waals surface area contributed by atoms with Gasteiger partial charge in [0.25, 0.3) is 5.91 Å². The molecule has 11 heteroatoms. The second-order valence-electron chi connectivity index (χ2n) is 8.63. The van der Waals surface area contributed by atoms with Crippen molar-refractivity contribution in [2.45, 2.75) is 25.3 Å². The molecule has 1 aromatic carbocycles. The van der Waals surface area contributed by atoms with Gasteiger partial charge in [-0.3, -0.25) is 9.78 Å². The molecule has 0 aliphatic carbocycles. The number of hydrogen-bond acceptors (Lipinski definition) is 6. The second kappa shape index (κ2) is 9.98. The number of halogens is 1. The predicted octanol–water partition coefficient (Wildman–Crippen LogP) is 4.29. The number of carbonyl (C=O) groups excluding carboxylic acids is 1. The molecule has 0 saturated carbocycles. The van der Waals surface area contributed by atoms with Crippen molar-refractivity contribution in [1.82, 2.24) is 20.2 Å². The number of amides is 2. The fraction of sp³-hybridized carbons (Fsp3) is 0.320. The molecule has 0 bridgehead atoms. The lowest BCUT2D eigenvalue weighted by Gasteiger charge is -2.22. The summed E-state index contributed by atoms with van der Waals surface area (Å²) in [7, 11) is 1.53. The number of benzene rings is 1. The van der Waals surface area contributed by atoms with E-state index < -0.39 is 6.09 Å². The van der Waals surface area contributed by atoms with Crippen molar-refractivity contribution in [2.24, 2.45) is 0 Å². The summed E-state index contributed by atoms with van der Waals surface area (Å²) in [6.07, 6.45) is 4.47. The van der Waals surface area contributed by atoms with Gasteiger partial charge in [-0.1, -0.05) is 17.7 Å². The Balaban J connectivity index is 1.54. The lowest BCUT2D eigenvalue weighted by molar-refractivity contribution is 0.0946. The van der Waals surface area contributed by atoms with E-state index in [0.29, 0.717) is 64.2 Å². The van der Waals surface area contributed by atoms with Crippen LogP contribution in [-0.4, -0.2) is 64.8 Å². The summed E-state index contributed by atoms with van der Waals surface area (Å²) in [4.78, 5) is 33.5. The first kappa shape index (κ1) is 23.8. The number of rotatable bonds is 7. The third-order valence-electron chi connectivity index (χ3n) is 6.50. The van der Waals surface area contributed by atoms with E-state index >= 15 is 0 Å². The van der Waals surface area contributed by atoms with E-state index in [1.165, 1.54) is 12.0 Å². The molecular weight excluding hydrogens is 486 g/mol. The number of carboxylic acid groups (broad SMARTS) is 1. The lowest BCUT2D eigenvalue weighted by atomic mass is 10.0. The predicted molar refractivity (Wildman–Crippen MR) is 135 cm³/mol. The maximum absolute atomic E-state index is 12.9. The van der Waals surface area contributed by atoms with Gasteiger partial charge in [-0.15, -0.1) is 0 Å². The van der Waals surface area contributed by atoms with Crippen LogP contribution in [0.2, 0.25) is 5.02 Å². The number of H-pyrrole nitrogens is 1. The Kier molecular flexibility index (Phi) is 6.60. The monoisotopic (exact) mass is 511 g/mol. The Morgan fingerprint density at radius 3 is 3.03 bits per heavy atom. The number of anilines is 2. The maximum Gasteiger partial charge on any atom is 0.407 e. The van der Waals surface area contributed by atoms with Crippen molar-refractivity contribution in [2.75, 3.05) is 32.1 Å². The normalized spacial score (nSPS) is 16.9. The van der Waals surface area contributed by atoms with Gasteiger partial charge in [-0.05, 0) is 31.0 Å². The number of aromatic amines is 1. The minimum Gasteiger partial charge on any atom is -0.493 e. The summed E-state index contributed by atoms with van der Waals surface area (Å²) < 4.78 is 11.6. The zero-order valence-corrected chi connectivity index (χ0v) is 20.4. The van der Waals surface area contributed by atoms with Crippen molar-refractivity contribution < 1.29 is 24.2 Å². The van der Waals surface area contributed by atoms with Crippen LogP contribution in [0.4, 0.5) is 16.2 Å². The van der Waals surface area contributed by atoms with Crippen molar-refractivity contribution >= 4 is 35.0 Å². The van der Waals surface area contributed by atoms with E-state index in [9.17, 15) is 14.7 Å². The van der Waals surface area contributed by atoms with Gasteiger partial charge in [0.15, 0.2) is 5.75 Å². The molecule has 0 spiro atoms. The van der Waals surface area contributed by atoms with Crippen molar-refractivity contribution in [3.63, 3.8) is 0 Å². The largest absolute Gasteiger partial charge is 0.493 e. The molecule has 2 aliphatic heterocycles. The van der Waals surface area contributed by atoms with Gasteiger partial charge in [-0.2, -0.15) is 0 Å². The Labute approximate surface area is 212 Å².